The Labute approximate surface area is 182 Å². The third kappa shape index (κ3) is 2.34. The topological polar surface area (TPSA) is 53.9 Å². The number of nitrogens with zero attached hydrogens (tertiary/aromatic N) is 2. The summed E-state index contributed by atoms with van der Waals surface area (Å²) >= 11 is 3.55. The largest absolute Gasteiger partial charge is 0.453 e. The molecular weight excluding hydrogens is 442 g/mol. The maximum atomic E-state index is 13.4. The number of para-hydroxylation sites is 1. The maximum absolute atomic E-state index is 13.4. The van der Waals surface area contributed by atoms with Gasteiger partial charge in [-0.05, 0) is 36.8 Å². The fraction of sp³-hybridized carbons (Fsp3) is 0.167. The third-order valence-electron chi connectivity index (χ3n) is 6.06. The predicted molar refractivity (Wildman–Crippen MR) is 118 cm³/mol. The van der Waals surface area contributed by atoms with Gasteiger partial charge in [-0.2, -0.15) is 5.10 Å². The second-order valence-electron chi connectivity index (χ2n) is 7.91. The van der Waals surface area contributed by atoms with E-state index >= 15 is 0 Å². The molecule has 30 heavy (non-hydrogen) atoms. The summed E-state index contributed by atoms with van der Waals surface area (Å²) in [5.74, 6) is 0.506. The normalized spacial score (nSPS) is 23.4. The van der Waals surface area contributed by atoms with Crippen molar-refractivity contribution >= 4 is 33.2 Å². The lowest BCUT2D eigenvalue weighted by Crippen LogP contribution is -2.55. The zero-order chi connectivity index (χ0) is 20.5. The second kappa shape index (κ2) is 6.19. The lowest BCUT2D eigenvalue weighted by atomic mass is 9.92. The molecule has 1 spiro atoms. The first kappa shape index (κ1) is 17.7. The second-order valence-corrected chi connectivity index (χ2v) is 8.82. The van der Waals surface area contributed by atoms with Crippen LogP contribution in [0, 0.1) is 6.92 Å². The predicted octanol–water partition coefficient (Wildman–Crippen LogP) is 5.11. The number of hydrogen-bond donors (Lipinski definition) is 1. The highest BCUT2D eigenvalue weighted by Crippen LogP contribution is 2.54. The third-order valence-corrected chi connectivity index (χ3v) is 6.55. The number of aryl methyl sites for hydroxylation is 1. The maximum Gasteiger partial charge on any atom is 0.306 e. The molecule has 0 aromatic heterocycles. The zero-order valence-corrected chi connectivity index (χ0v) is 17.8. The van der Waals surface area contributed by atoms with Crippen LogP contribution in [0.2, 0.25) is 0 Å². The molecule has 0 unspecified atom stereocenters. The number of benzene rings is 3. The van der Waals surface area contributed by atoms with Crippen LogP contribution in [0.1, 0.15) is 34.7 Å². The van der Waals surface area contributed by atoms with Gasteiger partial charge in [0.25, 0.3) is 5.91 Å². The first-order valence-electron chi connectivity index (χ1n) is 9.89. The number of anilines is 1. The Hall–Kier alpha value is -3.12. The van der Waals surface area contributed by atoms with Crippen LogP contribution in [-0.2, 0) is 10.5 Å². The molecule has 0 fully saturated rings. The number of halogens is 1. The molecule has 3 heterocycles. The van der Waals surface area contributed by atoms with E-state index < -0.39 is 5.72 Å². The summed E-state index contributed by atoms with van der Waals surface area (Å²) in [4.78, 5) is 13.4. The molecule has 0 bridgehead atoms. The number of carbonyl (C=O) groups is 1. The van der Waals surface area contributed by atoms with Crippen molar-refractivity contribution in [3.63, 3.8) is 0 Å². The summed E-state index contributed by atoms with van der Waals surface area (Å²) in [6.07, 6.45) is 0.710. The average molecular weight is 460 g/mol. The summed E-state index contributed by atoms with van der Waals surface area (Å²) in [7, 11) is 0. The Bertz CT molecular complexity index is 1240. The number of carbonyl (C=O) groups excluding carboxylic acids is 1. The van der Waals surface area contributed by atoms with Gasteiger partial charge in [0.05, 0.1) is 23.0 Å². The van der Waals surface area contributed by atoms with Gasteiger partial charge in [-0.3, -0.25) is 4.79 Å². The number of fused-ring (bicyclic) bond motifs is 6. The van der Waals surface area contributed by atoms with Gasteiger partial charge in [-0.25, -0.2) is 5.01 Å². The molecule has 5 nitrogen and oxygen atoms in total. The fourth-order valence-corrected chi connectivity index (χ4v) is 4.94. The van der Waals surface area contributed by atoms with E-state index in [1.54, 1.807) is 0 Å². The standard InChI is InChI=1S/C24H18BrN3O2/c1-14-6-8-15(9-7-14)20-13-21-17-4-2-3-5-22(17)30-24(28(21)27-20)18-12-16(25)10-11-19(18)26-23(24)29/h2-12,21H,13H2,1H3,(H,26,29)/t21-,24+/m1/s1. The highest BCUT2D eigenvalue weighted by molar-refractivity contribution is 9.10. The smallest absolute Gasteiger partial charge is 0.306 e. The van der Waals surface area contributed by atoms with Crippen LogP contribution in [0.15, 0.2) is 76.3 Å². The molecule has 1 amide bonds. The van der Waals surface area contributed by atoms with Crippen LogP contribution in [0.5, 0.6) is 5.75 Å². The minimum Gasteiger partial charge on any atom is -0.453 e. The van der Waals surface area contributed by atoms with E-state index in [9.17, 15) is 4.79 Å². The van der Waals surface area contributed by atoms with Crippen molar-refractivity contribution in [3.8, 4) is 5.75 Å². The molecule has 0 saturated heterocycles. The molecule has 3 aliphatic heterocycles. The quantitative estimate of drug-likeness (QED) is 0.550. The molecule has 6 rings (SSSR count). The van der Waals surface area contributed by atoms with E-state index in [1.165, 1.54) is 5.56 Å². The number of hydrazone groups is 1. The highest BCUT2D eigenvalue weighted by atomic mass is 79.9. The fourth-order valence-electron chi connectivity index (χ4n) is 4.58. The molecule has 3 aromatic rings. The van der Waals surface area contributed by atoms with Gasteiger partial charge in [0.2, 0.25) is 0 Å². The van der Waals surface area contributed by atoms with Crippen molar-refractivity contribution in [1.82, 2.24) is 5.01 Å². The number of ether oxygens (including phenoxy) is 1. The van der Waals surface area contributed by atoms with Crippen molar-refractivity contribution in [2.75, 3.05) is 5.32 Å². The summed E-state index contributed by atoms with van der Waals surface area (Å²) < 4.78 is 7.36. The number of amides is 1. The lowest BCUT2D eigenvalue weighted by molar-refractivity contribution is -0.161. The van der Waals surface area contributed by atoms with Crippen molar-refractivity contribution in [2.24, 2.45) is 5.10 Å². The minimum absolute atomic E-state index is 0.0815. The molecule has 148 valence electrons. The first-order valence-corrected chi connectivity index (χ1v) is 10.7. The zero-order valence-electron chi connectivity index (χ0n) is 16.2. The Morgan fingerprint density at radius 2 is 1.93 bits per heavy atom. The highest BCUT2D eigenvalue weighted by Gasteiger charge is 2.60. The Balaban J connectivity index is 1.57. The monoisotopic (exact) mass is 459 g/mol. The van der Waals surface area contributed by atoms with Gasteiger partial charge in [-0.15, -0.1) is 0 Å². The van der Waals surface area contributed by atoms with Crippen LogP contribution >= 0.6 is 15.9 Å². The molecule has 1 N–H and O–H groups in total. The van der Waals surface area contributed by atoms with E-state index in [0.717, 1.165) is 38.3 Å². The Morgan fingerprint density at radius 1 is 1.13 bits per heavy atom. The number of hydrogen-bond acceptors (Lipinski definition) is 4. The van der Waals surface area contributed by atoms with Gasteiger partial charge in [0.15, 0.2) is 0 Å². The summed E-state index contributed by atoms with van der Waals surface area (Å²) in [6, 6.07) is 22.0. The summed E-state index contributed by atoms with van der Waals surface area (Å²) in [5.41, 5.74) is 4.46. The van der Waals surface area contributed by atoms with Crippen molar-refractivity contribution in [3.05, 3.63) is 93.5 Å². The number of nitrogens with one attached hydrogen (secondary N) is 1. The Kier molecular flexibility index (Phi) is 3.65. The summed E-state index contributed by atoms with van der Waals surface area (Å²) in [6.45, 7) is 2.07. The van der Waals surface area contributed by atoms with Crippen molar-refractivity contribution in [2.45, 2.75) is 25.1 Å². The summed E-state index contributed by atoms with van der Waals surface area (Å²) in [5, 5.41) is 9.83. The van der Waals surface area contributed by atoms with Crippen LogP contribution in [0.25, 0.3) is 0 Å². The van der Waals surface area contributed by atoms with E-state index in [1.807, 2.05) is 41.4 Å². The molecule has 3 aromatic carbocycles. The van der Waals surface area contributed by atoms with E-state index in [0.29, 0.717) is 6.42 Å². The van der Waals surface area contributed by atoms with Gasteiger partial charge < -0.3 is 10.1 Å². The van der Waals surface area contributed by atoms with Gasteiger partial charge >= 0.3 is 5.72 Å². The molecule has 0 radical (unpaired) electrons. The van der Waals surface area contributed by atoms with Crippen molar-refractivity contribution in [1.29, 1.82) is 0 Å². The van der Waals surface area contributed by atoms with Gasteiger partial charge in [0, 0.05) is 16.5 Å². The van der Waals surface area contributed by atoms with E-state index in [2.05, 4.69) is 58.5 Å². The first-order chi connectivity index (χ1) is 14.6. The van der Waals surface area contributed by atoms with Crippen LogP contribution in [0.4, 0.5) is 5.69 Å². The molecule has 2 atom stereocenters. The van der Waals surface area contributed by atoms with E-state index in [-0.39, 0.29) is 11.9 Å². The molecular formula is C24H18BrN3O2. The molecule has 0 aliphatic carbocycles. The molecule has 0 saturated carbocycles. The molecule has 6 heteroatoms. The van der Waals surface area contributed by atoms with Crippen LogP contribution in [0.3, 0.4) is 0 Å². The van der Waals surface area contributed by atoms with Crippen molar-refractivity contribution < 1.29 is 9.53 Å². The van der Waals surface area contributed by atoms with Gasteiger partial charge in [-0.1, -0.05) is 64.0 Å². The molecule has 3 aliphatic rings. The van der Waals surface area contributed by atoms with Crippen LogP contribution < -0.4 is 10.1 Å². The van der Waals surface area contributed by atoms with Gasteiger partial charge in [0.1, 0.15) is 5.75 Å². The van der Waals surface area contributed by atoms with E-state index in [4.69, 9.17) is 9.84 Å². The lowest BCUT2D eigenvalue weighted by Gasteiger charge is -2.44. The SMILES string of the molecule is Cc1ccc(C2=NN3[C@H](C2)c2ccccc2O[C@@]32C(=O)Nc3ccc(Br)cc32)cc1. The number of rotatable bonds is 1. The Morgan fingerprint density at radius 3 is 2.77 bits per heavy atom. The van der Waals surface area contributed by atoms with Crippen LogP contribution in [-0.4, -0.2) is 16.6 Å². The minimum atomic E-state index is -1.33. The average Bonchev–Trinajstić information content (AvgIpc) is 3.30.